The van der Waals surface area contributed by atoms with Crippen LogP contribution in [0.25, 0.3) is 0 Å². The minimum absolute atomic E-state index is 0.158. The van der Waals surface area contributed by atoms with Crippen LogP contribution in [0.5, 0.6) is 0 Å². The zero-order valence-electron chi connectivity index (χ0n) is 13.7. The van der Waals surface area contributed by atoms with Crippen LogP contribution in [0.2, 0.25) is 0 Å². The van der Waals surface area contributed by atoms with Gasteiger partial charge in [0.15, 0.2) is 0 Å². The van der Waals surface area contributed by atoms with Crippen LogP contribution in [0.1, 0.15) is 51.8 Å². The Hall–Kier alpha value is -2.05. The third-order valence-electron chi connectivity index (χ3n) is 3.01. The Morgan fingerprint density at radius 3 is 2.26 bits per heavy atom. The highest BCUT2D eigenvalue weighted by molar-refractivity contribution is 5.84. The summed E-state index contributed by atoms with van der Waals surface area (Å²) in [6, 6.07) is 2.41. The van der Waals surface area contributed by atoms with Crippen LogP contribution in [-0.2, 0) is 15.5 Å². The van der Waals surface area contributed by atoms with Crippen molar-refractivity contribution in [3.05, 3.63) is 35.1 Å². The number of amides is 1. The van der Waals surface area contributed by atoms with Gasteiger partial charge < -0.3 is 10.1 Å². The number of ether oxygens (including phenoxy) is 1. The number of carbonyl (C=O) groups excluding carboxylic acids is 2. The van der Waals surface area contributed by atoms with E-state index in [4.69, 9.17) is 4.74 Å². The van der Waals surface area contributed by atoms with Gasteiger partial charge in [0.1, 0.15) is 11.4 Å². The average molecular weight is 331 g/mol. The van der Waals surface area contributed by atoms with E-state index >= 15 is 0 Å². The van der Waals surface area contributed by atoms with Gasteiger partial charge in [-0.3, -0.25) is 4.79 Å². The lowest BCUT2D eigenvalue weighted by Gasteiger charge is -2.23. The Morgan fingerprint density at radius 1 is 1.22 bits per heavy atom. The summed E-state index contributed by atoms with van der Waals surface area (Å²) in [5.74, 6) is -6.61. The smallest absolute Gasteiger partial charge is 0.408 e. The van der Waals surface area contributed by atoms with E-state index in [0.717, 1.165) is 6.07 Å². The van der Waals surface area contributed by atoms with E-state index in [1.54, 1.807) is 20.8 Å². The molecule has 0 heterocycles. The van der Waals surface area contributed by atoms with E-state index in [2.05, 4.69) is 5.32 Å². The molecule has 1 amide bonds. The topological polar surface area (TPSA) is 55.4 Å². The van der Waals surface area contributed by atoms with Crippen LogP contribution in [0.4, 0.5) is 18.0 Å². The van der Waals surface area contributed by atoms with Crippen molar-refractivity contribution in [1.29, 1.82) is 0 Å². The summed E-state index contributed by atoms with van der Waals surface area (Å²) in [6.07, 6.45) is -0.798. The van der Waals surface area contributed by atoms with Crippen molar-refractivity contribution < 1.29 is 27.5 Å². The number of alkyl halides is 2. The maximum Gasteiger partial charge on any atom is 0.408 e. The van der Waals surface area contributed by atoms with E-state index in [0.29, 0.717) is 6.92 Å². The first kappa shape index (κ1) is 19.0. The molecular formula is C16H20F3NO3. The van der Waals surface area contributed by atoms with E-state index < -0.39 is 40.8 Å². The first-order valence-electron chi connectivity index (χ1n) is 7.03. The molecule has 0 aliphatic rings. The number of halogens is 3. The highest BCUT2D eigenvalue weighted by atomic mass is 19.3. The second-order valence-corrected chi connectivity index (χ2v) is 6.21. The third-order valence-corrected chi connectivity index (χ3v) is 3.01. The lowest BCUT2D eigenvalue weighted by molar-refractivity contribution is -0.142. The Kier molecular flexibility index (Phi) is 5.45. The van der Waals surface area contributed by atoms with Crippen LogP contribution in [-0.4, -0.2) is 17.5 Å². The molecule has 23 heavy (non-hydrogen) atoms. The van der Waals surface area contributed by atoms with Gasteiger partial charge >= 0.3 is 12.0 Å². The summed E-state index contributed by atoms with van der Waals surface area (Å²) >= 11 is 0. The fourth-order valence-corrected chi connectivity index (χ4v) is 1.88. The molecular weight excluding hydrogens is 311 g/mol. The van der Waals surface area contributed by atoms with Crippen LogP contribution in [0.15, 0.2) is 18.2 Å². The fraction of sp³-hybridized carbons (Fsp3) is 0.500. The van der Waals surface area contributed by atoms with Gasteiger partial charge in [0.25, 0.3) is 0 Å². The van der Waals surface area contributed by atoms with Gasteiger partial charge in [-0.2, -0.15) is 8.78 Å². The molecule has 1 unspecified atom stereocenters. The highest BCUT2D eigenvalue weighted by Crippen LogP contribution is 2.33. The molecule has 1 N–H and O–H groups in total. The molecule has 0 radical (unpaired) electrons. The molecule has 0 aromatic heterocycles. The van der Waals surface area contributed by atoms with E-state index in [1.165, 1.54) is 19.1 Å². The largest absolute Gasteiger partial charge is 0.444 e. The Morgan fingerprint density at radius 2 is 1.78 bits per heavy atom. The molecule has 1 aromatic rings. The molecule has 0 saturated heterocycles. The van der Waals surface area contributed by atoms with Crippen LogP contribution in [0, 0.1) is 5.82 Å². The molecule has 0 saturated carbocycles. The van der Waals surface area contributed by atoms with Crippen molar-refractivity contribution >= 4 is 11.9 Å². The Balaban J connectivity index is 3.06. The first-order valence-corrected chi connectivity index (χ1v) is 7.03. The molecule has 1 rings (SSSR count). The van der Waals surface area contributed by atoms with Gasteiger partial charge in [0, 0.05) is 12.5 Å². The number of ketones is 1. The number of rotatable bonds is 4. The third kappa shape index (κ3) is 4.71. The molecule has 0 aliphatic heterocycles. The van der Waals surface area contributed by atoms with Crippen LogP contribution < -0.4 is 5.32 Å². The van der Waals surface area contributed by atoms with E-state index in [9.17, 15) is 22.8 Å². The minimum Gasteiger partial charge on any atom is -0.444 e. The standard InChI is InChI=1S/C16H20F3NO3/c1-9(20-14(22)23-15(3,4)5)11-7-6-8-12(13(11)17)16(18,19)10(2)21/h6-9H,1-5H3,(H,20,22). The zero-order valence-corrected chi connectivity index (χ0v) is 13.7. The van der Waals surface area contributed by atoms with Crippen LogP contribution >= 0.6 is 0 Å². The number of hydrogen-bond donors (Lipinski definition) is 1. The average Bonchev–Trinajstić information content (AvgIpc) is 2.35. The molecule has 1 aromatic carbocycles. The predicted molar refractivity (Wildman–Crippen MR) is 78.8 cm³/mol. The molecule has 128 valence electrons. The quantitative estimate of drug-likeness (QED) is 0.904. The summed E-state index contributed by atoms with van der Waals surface area (Å²) in [6.45, 7) is 7.09. The molecule has 4 nitrogen and oxygen atoms in total. The lowest BCUT2D eigenvalue weighted by Crippen LogP contribution is -2.34. The number of benzene rings is 1. The fourth-order valence-electron chi connectivity index (χ4n) is 1.88. The molecule has 0 aliphatic carbocycles. The van der Waals surface area contributed by atoms with Crippen molar-refractivity contribution in [2.45, 2.75) is 52.2 Å². The maximum absolute atomic E-state index is 14.3. The molecule has 7 heteroatoms. The van der Waals surface area contributed by atoms with Crippen molar-refractivity contribution in [1.82, 2.24) is 5.32 Å². The van der Waals surface area contributed by atoms with Crippen molar-refractivity contribution in [2.24, 2.45) is 0 Å². The zero-order chi connectivity index (χ0) is 18.0. The first-order chi connectivity index (χ1) is 10.4. The summed E-state index contributed by atoms with van der Waals surface area (Å²) in [5, 5.41) is 2.37. The van der Waals surface area contributed by atoms with Gasteiger partial charge in [0.05, 0.1) is 11.6 Å². The monoisotopic (exact) mass is 331 g/mol. The van der Waals surface area contributed by atoms with Gasteiger partial charge in [-0.1, -0.05) is 12.1 Å². The van der Waals surface area contributed by atoms with E-state index in [1.807, 2.05) is 0 Å². The number of alkyl carbamates (subject to hydrolysis) is 1. The number of hydrogen-bond acceptors (Lipinski definition) is 3. The maximum atomic E-state index is 14.3. The van der Waals surface area contributed by atoms with Gasteiger partial charge in [-0.05, 0) is 33.8 Å². The SMILES string of the molecule is CC(=O)C(F)(F)c1cccc(C(C)NC(=O)OC(C)(C)C)c1F. The summed E-state index contributed by atoms with van der Waals surface area (Å²) in [7, 11) is 0. The molecule has 1 atom stereocenters. The van der Waals surface area contributed by atoms with Gasteiger partial charge in [-0.15, -0.1) is 0 Å². The minimum atomic E-state index is -3.92. The number of nitrogens with one attached hydrogen (secondary N) is 1. The Labute approximate surface area is 133 Å². The summed E-state index contributed by atoms with van der Waals surface area (Å²) < 4.78 is 46.9. The second kappa shape index (κ2) is 6.60. The predicted octanol–water partition coefficient (Wildman–Crippen LogP) is 4.09. The van der Waals surface area contributed by atoms with E-state index in [-0.39, 0.29) is 5.56 Å². The second-order valence-electron chi connectivity index (χ2n) is 6.21. The number of carbonyl (C=O) groups is 2. The molecule has 0 bridgehead atoms. The van der Waals surface area contributed by atoms with Gasteiger partial charge in [-0.25, -0.2) is 9.18 Å². The Bertz CT molecular complexity index is 609. The number of Topliss-reactive ketones (excluding diaryl/α,β-unsaturated/α-hetero) is 1. The van der Waals surface area contributed by atoms with Crippen LogP contribution in [0.3, 0.4) is 0 Å². The molecule has 0 spiro atoms. The lowest BCUT2D eigenvalue weighted by atomic mass is 9.98. The molecule has 0 fully saturated rings. The van der Waals surface area contributed by atoms with Crippen molar-refractivity contribution in [3.63, 3.8) is 0 Å². The van der Waals surface area contributed by atoms with Crippen molar-refractivity contribution in [3.8, 4) is 0 Å². The van der Waals surface area contributed by atoms with Gasteiger partial charge in [0.2, 0.25) is 5.78 Å². The van der Waals surface area contributed by atoms with Crippen molar-refractivity contribution in [2.75, 3.05) is 0 Å². The normalized spacial score (nSPS) is 13.4. The highest BCUT2D eigenvalue weighted by Gasteiger charge is 2.40. The summed E-state index contributed by atoms with van der Waals surface area (Å²) in [5.41, 5.74) is -1.92. The summed E-state index contributed by atoms with van der Waals surface area (Å²) in [4.78, 5) is 22.7.